The summed E-state index contributed by atoms with van der Waals surface area (Å²) in [5.41, 5.74) is 0.958. The molecule has 12 nitrogen and oxygen atoms in total. The lowest BCUT2D eigenvalue weighted by Gasteiger charge is -2.43. The highest BCUT2D eigenvalue weighted by atomic mass is 16.3. The Morgan fingerprint density at radius 1 is 0.475 bits per heavy atom. The minimum Gasteiger partial charge on any atom is -0.508 e. The van der Waals surface area contributed by atoms with E-state index in [4.69, 9.17) is 0 Å². The topological polar surface area (TPSA) is 197 Å². The minimum absolute atomic E-state index is 0.0724. The van der Waals surface area contributed by atoms with Gasteiger partial charge in [0.1, 0.15) is 35.1 Å². The summed E-state index contributed by atoms with van der Waals surface area (Å²) in [4.78, 5) is 56.7. The lowest BCUT2D eigenvalue weighted by Crippen LogP contribution is -2.57. The highest BCUT2D eigenvalue weighted by Gasteiger charge is 2.49. The highest BCUT2D eigenvalue weighted by molar-refractivity contribution is 5.93. The quantitative estimate of drug-likeness (QED) is 0.0557. The van der Waals surface area contributed by atoms with Crippen molar-refractivity contribution in [3.05, 3.63) is 119 Å². The van der Waals surface area contributed by atoms with Gasteiger partial charge in [0, 0.05) is 36.8 Å². The monoisotopic (exact) mass is 808 g/mol. The normalized spacial score (nSPS) is 14.4. The number of amides is 4. The molecule has 4 amide bonds. The van der Waals surface area contributed by atoms with Gasteiger partial charge in [0.05, 0.1) is 0 Å². The first kappa shape index (κ1) is 45.7. The Morgan fingerprint density at radius 3 is 1.02 bits per heavy atom. The molecule has 316 valence electrons. The first-order valence-electron chi connectivity index (χ1n) is 20.2. The van der Waals surface area contributed by atoms with Crippen molar-refractivity contribution in [3.8, 4) is 23.0 Å². The Kier molecular flexibility index (Phi) is 15.9. The zero-order chi connectivity index (χ0) is 43.3. The molecule has 4 atom stereocenters. The van der Waals surface area contributed by atoms with E-state index in [2.05, 4.69) is 21.3 Å². The smallest absolute Gasteiger partial charge is 0.242 e. The number of rotatable bonds is 20. The molecule has 0 saturated carbocycles. The Morgan fingerprint density at radius 2 is 0.746 bits per heavy atom. The molecule has 4 aromatic rings. The van der Waals surface area contributed by atoms with E-state index in [1.807, 2.05) is 27.7 Å². The Balaban J connectivity index is 1.55. The molecule has 0 heterocycles. The SMILES string of the molecule is CC(C)C(C)(CC(C)(C(=O)N[C@@H](Cc1ccc(O)cc1)C(=O)NCCc1ccc(O)cc1)C(C)C)C(=O)N[C@@H](Cc1ccc(O)cc1)C(=O)NCCc1ccc(O)cc1. The van der Waals surface area contributed by atoms with E-state index in [-0.39, 0.29) is 67.2 Å². The number of aromatic hydroxyl groups is 4. The Bertz CT molecular complexity index is 1850. The third-order valence-corrected chi connectivity index (χ3v) is 11.6. The van der Waals surface area contributed by atoms with Crippen LogP contribution >= 0.6 is 0 Å². The number of benzene rings is 4. The van der Waals surface area contributed by atoms with Crippen LogP contribution in [0, 0.1) is 22.7 Å². The summed E-state index contributed by atoms with van der Waals surface area (Å²) >= 11 is 0. The molecule has 0 aromatic heterocycles. The molecule has 2 unspecified atom stereocenters. The van der Waals surface area contributed by atoms with Gasteiger partial charge in [-0.1, -0.05) is 90.1 Å². The maximum Gasteiger partial charge on any atom is 0.242 e. The second kappa shape index (κ2) is 20.6. The summed E-state index contributed by atoms with van der Waals surface area (Å²) in [5.74, 6) is -1.73. The van der Waals surface area contributed by atoms with Crippen LogP contribution in [0.25, 0.3) is 0 Å². The molecule has 0 aliphatic carbocycles. The third kappa shape index (κ3) is 13.0. The van der Waals surface area contributed by atoms with Crippen LogP contribution in [0.5, 0.6) is 23.0 Å². The molecule has 4 rings (SSSR count). The molecule has 0 radical (unpaired) electrons. The van der Waals surface area contributed by atoms with E-state index in [1.54, 1.807) is 86.6 Å². The van der Waals surface area contributed by atoms with E-state index in [1.165, 1.54) is 24.3 Å². The van der Waals surface area contributed by atoms with E-state index >= 15 is 0 Å². The van der Waals surface area contributed by atoms with Crippen LogP contribution in [-0.4, -0.2) is 69.2 Å². The minimum atomic E-state index is -1.16. The summed E-state index contributed by atoms with van der Waals surface area (Å²) < 4.78 is 0. The second-order valence-electron chi connectivity index (χ2n) is 16.5. The first-order valence-corrected chi connectivity index (χ1v) is 20.2. The van der Waals surface area contributed by atoms with Crippen molar-refractivity contribution in [3.63, 3.8) is 0 Å². The fourth-order valence-electron chi connectivity index (χ4n) is 6.89. The van der Waals surface area contributed by atoms with Gasteiger partial charge in [-0.25, -0.2) is 0 Å². The van der Waals surface area contributed by atoms with Crippen LogP contribution in [0.4, 0.5) is 0 Å². The van der Waals surface area contributed by atoms with Crippen molar-refractivity contribution < 1.29 is 39.6 Å². The summed E-state index contributed by atoms with van der Waals surface area (Å²) in [6, 6.07) is 24.3. The number of nitrogens with one attached hydrogen (secondary N) is 4. The van der Waals surface area contributed by atoms with Gasteiger partial charge in [-0.15, -0.1) is 0 Å². The summed E-state index contributed by atoms with van der Waals surface area (Å²) in [6.45, 7) is 11.8. The average Bonchev–Trinajstić information content (AvgIpc) is 3.20. The largest absolute Gasteiger partial charge is 0.508 e. The lowest BCUT2D eigenvalue weighted by molar-refractivity contribution is -0.145. The van der Waals surface area contributed by atoms with Gasteiger partial charge >= 0.3 is 0 Å². The summed E-state index contributed by atoms with van der Waals surface area (Å²) in [7, 11) is 0. The molecule has 0 aliphatic heterocycles. The van der Waals surface area contributed by atoms with Crippen LogP contribution in [0.2, 0.25) is 0 Å². The maximum absolute atomic E-state index is 14.6. The molecule has 12 heteroatoms. The van der Waals surface area contributed by atoms with Crippen molar-refractivity contribution in [1.82, 2.24) is 21.3 Å². The van der Waals surface area contributed by atoms with E-state index in [0.717, 1.165) is 22.3 Å². The molecule has 0 fully saturated rings. The van der Waals surface area contributed by atoms with Crippen molar-refractivity contribution in [2.75, 3.05) is 13.1 Å². The molecule has 0 saturated heterocycles. The molecule has 0 bridgehead atoms. The van der Waals surface area contributed by atoms with Gasteiger partial charge in [0.25, 0.3) is 0 Å². The predicted molar refractivity (Wildman–Crippen MR) is 228 cm³/mol. The van der Waals surface area contributed by atoms with Gasteiger partial charge in [-0.3, -0.25) is 19.2 Å². The molecular formula is C47H60N4O8. The Labute approximate surface area is 347 Å². The van der Waals surface area contributed by atoms with E-state index in [0.29, 0.717) is 12.8 Å². The number of carbonyl (C=O) groups excluding carboxylic acids is 4. The summed E-state index contributed by atoms with van der Waals surface area (Å²) in [6.07, 6.45) is 1.39. The van der Waals surface area contributed by atoms with Gasteiger partial charge < -0.3 is 41.7 Å². The van der Waals surface area contributed by atoms with Gasteiger partial charge in [0.15, 0.2) is 0 Å². The second-order valence-corrected chi connectivity index (χ2v) is 16.5. The van der Waals surface area contributed by atoms with Crippen molar-refractivity contribution in [2.45, 2.75) is 85.7 Å². The predicted octanol–water partition coefficient (Wildman–Crippen LogP) is 5.70. The summed E-state index contributed by atoms with van der Waals surface area (Å²) in [5, 5.41) is 50.9. The van der Waals surface area contributed by atoms with E-state index < -0.39 is 46.5 Å². The molecule has 0 aliphatic rings. The third-order valence-electron chi connectivity index (χ3n) is 11.6. The van der Waals surface area contributed by atoms with Gasteiger partial charge in [-0.05, 0) is 102 Å². The van der Waals surface area contributed by atoms with Crippen LogP contribution in [-0.2, 0) is 44.9 Å². The van der Waals surface area contributed by atoms with E-state index in [9.17, 15) is 39.6 Å². The number of hydrogen-bond donors (Lipinski definition) is 8. The average molecular weight is 809 g/mol. The molecule has 0 spiro atoms. The fourth-order valence-corrected chi connectivity index (χ4v) is 6.89. The number of phenols is 4. The van der Waals surface area contributed by atoms with Crippen LogP contribution < -0.4 is 21.3 Å². The highest BCUT2D eigenvalue weighted by Crippen LogP contribution is 2.44. The van der Waals surface area contributed by atoms with Crippen molar-refractivity contribution >= 4 is 23.6 Å². The number of carbonyl (C=O) groups is 4. The number of hydrogen-bond acceptors (Lipinski definition) is 8. The number of phenolic OH excluding ortho intramolecular Hbond substituents is 4. The maximum atomic E-state index is 14.6. The fraction of sp³-hybridized carbons (Fsp3) is 0.404. The van der Waals surface area contributed by atoms with Gasteiger partial charge in [-0.2, -0.15) is 0 Å². The van der Waals surface area contributed by atoms with Crippen molar-refractivity contribution in [2.24, 2.45) is 22.7 Å². The van der Waals surface area contributed by atoms with Crippen LogP contribution in [0.1, 0.15) is 70.2 Å². The molecule has 4 aromatic carbocycles. The first-order chi connectivity index (χ1) is 27.9. The van der Waals surface area contributed by atoms with Crippen LogP contribution in [0.3, 0.4) is 0 Å². The lowest BCUT2D eigenvalue weighted by atomic mass is 9.62. The zero-order valence-electron chi connectivity index (χ0n) is 34.9. The molecule has 8 N–H and O–H groups in total. The molecular weight excluding hydrogens is 749 g/mol. The Hall–Kier alpha value is -6.04. The van der Waals surface area contributed by atoms with Crippen molar-refractivity contribution in [1.29, 1.82) is 0 Å². The van der Waals surface area contributed by atoms with Gasteiger partial charge in [0.2, 0.25) is 23.6 Å². The standard InChI is InChI=1S/C47H60N4O8/c1-30(2)46(5,44(58)50-40(27-34-11-19-38(54)20-12-34)42(56)48-25-23-32-7-15-36(52)16-8-32)29-47(6,31(3)4)45(59)51-41(28-35-13-21-39(55)22-14-35)43(57)49-26-24-33-9-17-37(53)18-10-33/h7-22,30-31,40-41,52-55H,23-29H2,1-6H3,(H,48,56)(H,49,57)(H,50,58)(H,51,59)/t40-,41-,46?,47?/m0/s1. The zero-order valence-corrected chi connectivity index (χ0v) is 34.9. The van der Waals surface area contributed by atoms with Crippen LogP contribution in [0.15, 0.2) is 97.1 Å². The molecule has 59 heavy (non-hydrogen) atoms.